The third-order valence-corrected chi connectivity index (χ3v) is 10.5. The second-order valence-corrected chi connectivity index (χ2v) is 13.2. The molecular formula is C30H40O7. The van der Waals surface area contributed by atoms with Crippen molar-refractivity contribution >= 4 is 34.9 Å². The maximum Gasteiger partial charge on any atom is 0.308 e. The van der Waals surface area contributed by atoms with Crippen LogP contribution in [0.15, 0.2) is 11.1 Å². The van der Waals surface area contributed by atoms with Gasteiger partial charge >= 0.3 is 5.97 Å². The lowest BCUT2D eigenvalue weighted by Crippen LogP contribution is -2.56. The first-order valence-electron chi connectivity index (χ1n) is 13.6. The molecule has 0 spiro atoms. The van der Waals surface area contributed by atoms with E-state index in [1.165, 1.54) is 7.11 Å². The summed E-state index contributed by atoms with van der Waals surface area (Å²) in [5, 5.41) is 0. The highest BCUT2D eigenvalue weighted by molar-refractivity contribution is 6.15. The number of hydrogen-bond acceptors (Lipinski definition) is 7. The van der Waals surface area contributed by atoms with Gasteiger partial charge in [0.15, 0.2) is 11.6 Å². The van der Waals surface area contributed by atoms with Crippen molar-refractivity contribution in [3.05, 3.63) is 11.1 Å². The van der Waals surface area contributed by atoms with Crippen LogP contribution in [0, 0.1) is 45.8 Å². The smallest absolute Gasteiger partial charge is 0.308 e. The Hall–Kier alpha value is -2.44. The fraction of sp³-hybridized carbons (Fsp3) is 0.733. The molecule has 202 valence electrons. The van der Waals surface area contributed by atoms with Gasteiger partial charge < -0.3 is 4.74 Å². The fourth-order valence-corrected chi connectivity index (χ4v) is 8.53. The molecule has 37 heavy (non-hydrogen) atoms. The number of fused-ring (bicyclic) bond motifs is 4. The third kappa shape index (κ3) is 4.08. The summed E-state index contributed by atoms with van der Waals surface area (Å²) in [6, 6.07) is 0. The van der Waals surface area contributed by atoms with Crippen molar-refractivity contribution in [2.45, 2.75) is 86.5 Å². The SMILES string of the molecule is COC(=O)[C@H](C)CC(=O)C[C@@H](C)[C@H]1CC(=O)[C@H]2C3=C(C(=O)C[C@@]21C)[C@@]1(C)CCC(=O)C(C)(C)[C@@H]1CC3=O. The molecule has 7 nitrogen and oxygen atoms in total. The lowest BCUT2D eigenvalue weighted by molar-refractivity contribution is -0.146. The summed E-state index contributed by atoms with van der Waals surface area (Å²) >= 11 is 0. The minimum absolute atomic E-state index is 0.0312. The molecule has 0 radical (unpaired) electrons. The van der Waals surface area contributed by atoms with Gasteiger partial charge in [-0.15, -0.1) is 0 Å². The number of allylic oxidation sites excluding steroid dienone is 2. The molecule has 0 heterocycles. The number of esters is 1. The zero-order valence-corrected chi connectivity index (χ0v) is 23.2. The van der Waals surface area contributed by atoms with E-state index in [9.17, 15) is 28.8 Å². The number of carbonyl (C=O) groups is 6. The van der Waals surface area contributed by atoms with E-state index in [1.807, 2.05) is 34.6 Å². The topological polar surface area (TPSA) is 112 Å². The number of ether oxygens (including phenoxy) is 1. The van der Waals surface area contributed by atoms with Crippen LogP contribution in [0.25, 0.3) is 0 Å². The second kappa shape index (κ2) is 9.09. The average molecular weight is 513 g/mol. The van der Waals surface area contributed by atoms with Crippen LogP contribution >= 0.6 is 0 Å². The van der Waals surface area contributed by atoms with Crippen LogP contribution < -0.4 is 0 Å². The van der Waals surface area contributed by atoms with Gasteiger partial charge in [0, 0.05) is 60.5 Å². The lowest BCUT2D eigenvalue weighted by Gasteiger charge is -2.56. The average Bonchev–Trinajstić information content (AvgIpc) is 3.07. The highest BCUT2D eigenvalue weighted by Gasteiger charge is 2.65. The van der Waals surface area contributed by atoms with Crippen molar-refractivity contribution in [3.8, 4) is 0 Å². The monoisotopic (exact) mass is 512 g/mol. The van der Waals surface area contributed by atoms with Crippen LogP contribution in [0.3, 0.4) is 0 Å². The number of hydrogen-bond donors (Lipinski definition) is 0. The predicted molar refractivity (Wildman–Crippen MR) is 135 cm³/mol. The van der Waals surface area contributed by atoms with Gasteiger partial charge in [-0.1, -0.05) is 41.5 Å². The molecule has 4 aliphatic carbocycles. The number of Topliss-reactive ketones (excluding diaryl/α,β-unsaturated/α-hetero) is 5. The van der Waals surface area contributed by atoms with Crippen molar-refractivity contribution in [1.29, 1.82) is 0 Å². The zero-order chi connectivity index (χ0) is 27.7. The molecule has 0 aromatic heterocycles. The molecule has 0 unspecified atom stereocenters. The molecule has 4 rings (SSSR count). The molecule has 0 aromatic carbocycles. The van der Waals surface area contributed by atoms with E-state index < -0.39 is 34.1 Å². The van der Waals surface area contributed by atoms with E-state index in [4.69, 9.17) is 4.74 Å². The summed E-state index contributed by atoms with van der Waals surface area (Å²) < 4.78 is 4.73. The minimum Gasteiger partial charge on any atom is -0.469 e. The maximum atomic E-state index is 13.9. The van der Waals surface area contributed by atoms with Crippen LogP contribution in [0.5, 0.6) is 0 Å². The minimum atomic E-state index is -0.737. The summed E-state index contributed by atoms with van der Waals surface area (Å²) in [6.45, 7) is 11.3. The number of ketones is 5. The molecule has 0 aromatic rings. The highest BCUT2D eigenvalue weighted by Crippen LogP contribution is 2.65. The largest absolute Gasteiger partial charge is 0.469 e. The lowest BCUT2D eigenvalue weighted by atomic mass is 9.45. The molecule has 0 amide bonds. The summed E-state index contributed by atoms with van der Waals surface area (Å²) in [7, 11) is 1.29. The quantitative estimate of drug-likeness (QED) is 0.489. The van der Waals surface area contributed by atoms with Gasteiger partial charge in [-0.25, -0.2) is 0 Å². The molecule has 0 saturated heterocycles. The Labute approximate surface area is 219 Å². The van der Waals surface area contributed by atoms with E-state index in [0.29, 0.717) is 24.0 Å². The van der Waals surface area contributed by atoms with Crippen molar-refractivity contribution in [1.82, 2.24) is 0 Å². The normalized spacial score (nSPS) is 36.5. The summed E-state index contributed by atoms with van der Waals surface area (Å²) in [6.07, 6.45) is 1.70. The number of rotatable bonds is 6. The van der Waals surface area contributed by atoms with E-state index in [1.54, 1.807) is 6.92 Å². The summed E-state index contributed by atoms with van der Waals surface area (Å²) in [4.78, 5) is 78.4. The number of carbonyl (C=O) groups excluding carboxylic acids is 6. The van der Waals surface area contributed by atoms with E-state index in [-0.39, 0.29) is 78.8 Å². The van der Waals surface area contributed by atoms with Crippen LogP contribution in [0.4, 0.5) is 0 Å². The Bertz CT molecular complexity index is 1130. The van der Waals surface area contributed by atoms with Crippen LogP contribution in [-0.2, 0) is 33.5 Å². The Morgan fingerprint density at radius 1 is 0.973 bits per heavy atom. The Balaban J connectivity index is 1.67. The van der Waals surface area contributed by atoms with Crippen LogP contribution in [0.1, 0.15) is 86.5 Å². The van der Waals surface area contributed by atoms with Crippen LogP contribution in [-0.4, -0.2) is 42.0 Å². The molecule has 4 aliphatic rings. The van der Waals surface area contributed by atoms with E-state index in [0.717, 1.165) is 0 Å². The molecule has 2 fully saturated rings. The van der Waals surface area contributed by atoms with Crippen molar-refractivity contribution in [2.75, 3.05) is 7.11 Å². The molecular weight excluding hydrogens is 472 g/mol. The maximum absolute atomic E-state index is 13.9. The Kier molecular flexibility index (Phi) is 6.78. The first kappa shape index (κ1) is 27.6. The first-order valence-corrected chi connectivity index (χ1v) is 13.6. The second-order valence-electron chi connectivity index (χ2n) is 13.2. The van der Waals surface area contributed by atoms with Gasteiger partial charge in [0.2, 0.25) is 0 Å². The Morgan fingerprint density at radius 2 is 1.62 bits per heavy atom. The van der Waals surface area contributed by atoms with Gasteiger partial charge in [-0.3, -0.25) is 28.8 Å². The van der Waals surface area contributed by atoms with Crippen LogP contribution in [0.2, 0.25) is 0 Å². The van der Waals surface area contributed by atoms with Gasteiger partial charge in [0.25, 0.3) is 0 Å². The van der Waals surface area contributed by atoms with Crippen molar-refractivity contribution < 1.29 is 33.5 Å². The first-order chi connectivity index (χ1) is 17.1. The van der Waals surface area contributed by atoms with Gasteiger partial charge in [-0.2, -0.15) is 0 Å². The van der Waals surface area contributed by atoms with Gasteiger partial charge in [-0.05, 0) is 29.6 Å². The van der Waals surface area contributed by atoms with Crippen molar-refractivity contribution in [3.63, 3.8) is 0 Å². The molecule has 0 N–H and O–H groups in total. The van der Waals surface area contributed by atoms with E-state index in [2.05, 4.69) is 0 Å². The third-order valence-electron chi connectivity index (χ3n) is 10.5. The van der Waals surface area contributed by atoms with E-state index >= 15 is 0 Å². The molecule has 0 aliphatic heterocycles. The molecule has 2 saturated carbocycles. The highest BCUT2D eigenvalue weighted by atomic mass is 16.5. The molecule has 7 heteroatoms. The van der Waals surface area contributed by atoms with Gasteiger partial charge in [0.1, 0.15) is 17.3 Å². The summed E-state index contributed by atoms with van der Waals surface area (Å²) in [5.41, 5.74) is -1.15. The Morgan fingerprint density at radius 3 is 2.24 bits per heavy atom. The summed E-state index contributed by atoms with van der Waals surface area (Å²) in [5.74, 6) is -2.53. The number of methoxy groups -OCH3 is 1. The molecule has 7 atom stereocenters. The zero-order valence-electron chi connectivity index (χ0n) is 23.2. The standard InChI is InChI=1S/C30H40O7/c1-15(10-17(31)11-16(2)27(36)37-7)18-12-20(33)25-24-19(32)13-22-28(3,4)23(35)8-9-29(22,5)26(24)21(34)14-30(18,25)6/h15-16,18,22,25H,8-14H2,1-7H3/t15-,16-,18-,22+,25+,29+,30-/m1/s1. The fourth-order valence-electron chi connectivity index (χ4n) is 8.53. The molecule has 0 bridgehead atoms. The van der Waals surface area contributed by atoms with Crippen molar-refractivity contribution in [2.24, 2.45) is 45.8 Å². The predicted octanol–water partition coefficient (Wildman–Crippen LogP) is 4.25. The van der Waals surface area contributed by atoms with Gasteiger partial charge in [0.05, 0.1) is 18.9 Å².